The van der Waals surface area contributed by atoms with Gasteiger partial charge < -0.3 is 14.2 Å². The Hall–Kier alpha value is -4.22. The zero-order valence-electron chi connectivity index (χ0n) is 21.2. The van der Waals surface area contributed by atoms with E-state index in [0.29, 0.717) is 50.0 Å². The summed E-state index contributed by atoms with van der Waals surface area (Å²) in [6.07, 6.45) is 3.01. The van der Waals surface area contributed by atoms with Gasteiger partial charge in [0.2, 0.25) is 0 Å². The fraction of sp³-hybridized carbons (Fsp3) is 0.143. The summed E-state index contributed by atoms with van der Waals surface area (Å²) in [5.41, 5.74) is 1.73. The van der Waals surface area contributed by atoms with E-state index in [1.807, 2.05) is 0 Å². The van der Waals surface area contributed by atoms with Gasteiger partial charge in [-0.05, 0) is 41.8 Å². The minimum Gasteiger partial charge on any atom is -0.497 e. The number of rotatable bonds is 9. The van der Waals surface area contributed by atoms with Crippen molar-refractivity contribution in [2.24, 2.45) is 0 Å². The molecule has 3 aromatic carbocycles. The van der Waals surface area contributed by atoms with Crippen LogP contribution in [0, 0.1) is 11.9 Å². The third kappa shape index (κ3) is 5.10. The van der Waals surface area contributed by atoms with Gasteiger partial charge in [-0.1, -0.05) is 6.07 Å². The Bertz CT molecular complexity index is 1740. The highest BCUT2D eigenvalue weighted by molar-refractivity contribution is 7.93. The second kappa shape index (κ2) is 10.9. The lowest BCUT2D eigenvalue weighted by atomic mass is 10.0. The number of pyridine rings is 1. The van der Waals surface area contributed by atoms with Gasteiger partial charge in [0, 0.05) is 52.5 Å². The molecule has 0 amide bonds. The zero-order valence-corrected chi connectivity index (χ0v) is 22.8. The molecule has 0 spiro atoms. The quantitative estimate of drug-likeness (QED) is 0.226. The highest BCUT2D eigenvalue weighted by atomic mass is 32.2. The van der Waals surface area contributed by atoms with E-state index < -0.39 is 15.8 Å². The van der Waals surface area contributed by atoms with Gasteiger partial charge in [-0.15, -0.1) is 11.3 Å². The van der Waals surface area contributed by atoms with Gasteiger partial charge in [-0.3, -0.25) is 4.98 Å². The molecule has 8 nitrogen and oxygen atoms in total. The van der Waals surface area contributed by atoms with Gasteiger partial charge in [0.25, 0.3) is 10.0 Å². The van der Waals surface area contributed by atoms with Crippen LogP contribution in [0.4, 0.5) is 9.52 Å². The lowest BCUT2D eigenvalue weighted by Gasteiger charge is -2.23. The van der Waals surface area contributed by atoms with Crippen LogP contribution < -0.4 is 18.5 Å². The first-order valence-corrected chi connectivity index (χ1v) is 13.9. The number of nitrogens with zero attached hydrogens (tertiary/aromatic N) is 3. The first kappa shape index (κ1) is 26.4. The maximum absolute atomic E-state index is 14.0. The molecule has 2 aromatic heterocycles. The van der Waals surface area contributed by atoms with E-state index in [2.05, 4.69) is 16.0 Å². The molecular weight excluding hydrogens is 541 g/mol. The number of aromatic nitrogens is 2. The molecule has 5 aromatic rings. The minimum absolute atomic E-state index is 0.0147. The maximum Gasteiger partial charge on any atom is 0.266 e. The number of benzene rings is 3. The van der Waals surface area contributed by atoms with Gasteiger partial charge in [0.05, 0.1) is 38.5 Å². The Morgan fingerprint density at radius 1 is 0.949 bits per heavy atom. The molecule has 0 saturated carbocycles. The van der Waals surface area contributed by atoms with E-state index in [0.717, 1.165) is 0 Å². The largest absolute Gasteiger partial charge is 0.497 e. The summed E-state index contributed by atoms with van der Waals surface area (Å²) in [6.45, 7) is -0.0147. The van der Waals surface area contributed by atoms with Gasteiger partial charge in [0.1, 0.15) is 23.1 Å². The molecule has 0 aliphatic heterocycles. The number of sulfonamides is 1. The third-order valence-electron chi connectivity index (χ3n) is 6.11. The Balaban J connectivity index is 1.59. The lowest BCUT2D eigenvalue weighted by Crippen LogP contribution is -2.30. The number of hydrogen-bond acceptors (Lipinski definition) is 8. The van der Waals surface area contributed by atoms with Crippen molar-refractivity contribution in [3.05, 3.63) is 89.8 Å². The highest BCUT2D eigenvalue weighted by Gasteiger charge is 2.29. The van der Waals surface area contributed by atoms with Crippen LogP contribution in [0.15, 0.2) is 77.3 Å². The lowest BCUT2D eigenvalue weighted by molar-refractivity contribution is 0.391. The van der Waals surface area contributed by atoms with E-state index in [4.69, 9.17) is 14.2 Å². The second-order valence-electron chi connectivity index (χ2n) is 8.31. The molecule has 0 bridgehead atoms. The minimum atomic E-state index is -4.07. The first-order chi connectivity index (χ1) is 18.8. The molecule has 199 valence electrons. The molecule has 0 N–H and O–H groups in total. The van der Waals surface area contributed by atoms with Crippen LogP contribution in [0.2, 0.25) is 0 Å². The molecule has 1 radical (unpaired) electrons. The van der Waals surface area contributed by atoms with Crippen LogP contribution in [0.3, 0.4) is 0 Å². The molecule has 0 atom stereocenters. The summed E-state index contributed by atoms with van der Waals surface area (Å²) >= 11 is 1.21. The van der Waals surface area contributed by atoms with Crippen molar-refractivity contribution < 1.29 is 27.0 Å². The molecule has 0 saturated heterocycles. The van der Waals surface area contributed by atoms with Crippen molar-refractivity contribution in [3.8, 4) is 28.5 Å². The van der Waals surface area contributed by atoms with E-state index >= 15 is 0 Å². The number of ether oxygens (including phenoxy) is 3. The van der Waals surface area contributed by atoms with Crippen LogP contribution in [-0.2, 0) is 16.6 Å². The molecule has 0 aliphatic rings. The van der Waals surface area contributed by atoms with E-state index in [-0.39, 0.29) is 11.4 Å². The maximum atomic E-state index is 14.0. The van der Waals surface area contributed by atoms with Crippen LogP contribution in [0.5, 0.6) is 17.2 Å². The van der Waals surface area contributed by atoms with Crippen molar-refractivity contribution in [2.45, 2.75) is 11.4 Å². The predicted octanol–water partition coefficient (Wildman–Crippen LogP) is 5.72. The van der Waals surface area contributed by atoms with Crippen molar-refractivity contribution in [1.29, 1.82) is 0 Å². The van der Waals surface area contributed by atoms with Gasteiger partial charge >= 0.3 is 0 Å². The molecular formula is C28H23FN3O5S2. The van der Waals surface area contributed by atoms with Crippen LogP contribution in [0.25, 0.3) is 22.0 Å². The summed E-state index contributed by atoms with van der Waals surface area (Å²) in [5.74, 6) is 0.954. The first-order valence-electron chi connectivity index (χ1n) is 11.6. The van der Waals surface area contributed by atoms with Crippen LogP contribution >= 0.6 is 11.3 Å². The van der Waals surface area contributed by atoms with E-state index in [1.54, 1.807) is 49.0 Å². The standard InChI is InChI=1S/C28H23FN3O5S2/c1-35-21-6-4-19(25(16-21)36-2)17-32(28-31-12-13-38-28)39(33,34)22-7-9-23-18(14-22)10-11-30-27(23)24-8-5-20(29)15-26(24)37-3/h4-9,11-16H,17H2,1-3H3. The second-order valence-corrected chi connectivity index (χ2v) is 11.0. The van der Waals surface area contributed by atoms with Crippen molar-refractivity contribution >= 4 is 37.3 Å². The van der Waals surface area contributed by atoms with Gasteiger partial charge in [0.15, 0.2) is 5.13 Å². The number of methoxy groups -OCH3 is 3. The number of thiazole rings is 1. The van der Waals surface area contributed by atoms with Crippen LogP contribution in [0.1, 0.15) is 5.56 Å². The molecule has 2 heterocycles. The molecule has 39 heavy (non-hydrogen) atoms. The van der Waals surface area contributed by atoms with E-state index in [9.17, 15) is 12.8 Å². The molecule has 0 fully saturated rings. The molecule has 11 heteroatoms. The fourth-order valence-corrected chi connectivity index (χ4v) is 6.47. The summed E-state index contributed by atoms with van der Waals surface area (Å²) in [6, 6.07) is 17.1. The summed E-state index contributed by atoms with van der Waals surface area (Å²) in [4.78, 5) is 8.75. The zero-order chi connectivity index (χ0) is 27.6. The third-order valence-corrected chi connectivity index (χ3v) is 8.75. The average molecular weight is 565 g/mol. The molecule has 5 rings (SSSR count). The Kier molecular flexibility index (Phi) is 7.36. The molecule has 0 aliphatic carbocycles. The average Bonchev–Trinajstić information content (AvgIpc) is 3.49. The van der Waals surface area contributed by atoms with Gasteiger partial charge in [-0.2, -0.15) is 0 Å². The summed E-state index contributed by atoms with van der Waals surface area (Å²) < 4.78 is 59.2. The summed E-state index contributed by atoms with van der Waals surface area (Å²) in [5, 5.41) is 3.18. The van der Waals surface area contributed by atoms with E-state index in [1.165, 1.54) is 60.3 Å². The molecule has 0 unspecified atom stereocenters. The van der Waals surface area contributed by atoms with Crippen molar-refractivity contribution in [3.63, 3.8) is 0 Å². The van der Waals surface area contributed by atoms with Crippen molar-refractivity contribution in [1.82, 2.24) is 9.97 Å². The Labute approximate surface area is 229 Å². The Morgan fingerprint density at radius 3 is 2.49 bits per heavy atom. The number of fused-ring (bicyclic) bond motifs is 1. The van der Waals surface area contributed by atoms with Crippen LogP contribution in [-0.4, -0.2) is 39.7 Å². The highest BCUT2D eigenvalue weighted by Crippen LogP contribution is 2.36. The van der Waals surface area contributed by atoms with Crippen molar-refractivity contribution in [2.75, 3.05) is 25.6 Å². The smallest absolute Gasteiger partial charge is 0.266 e. The number of halogens is 1. The fourth-order valence-electron chi connectivity index (χ4n) is 4.18. The summed E-state index contributed by atoms with van der Waals surface area (Å²) in [7, 11) is 0.441. The van der Waals surface area contributed by atoms with Gasteiger partial charge in [-0.25, -0.2) is 22.1 Å². The SMILES string of the molecule is COc1ccc(CN(c2nccs2)S(=O)(=O)c2ccc3c(-c4ccc(F)cc4OC)nc[c]c3c2)c(OC)c1. The Morgan fingerprint density at radius 2 is 1.77 bits per heavy atom. The monoisotopic (exact) mass is 564 g/mol. The number of hydrogen-bond donors (Lipinski definition) is 0. The predicted molar refractivity (Wildman–Crippen MR) is 148 cm³/mol. The normalized spacial score (nSPS) is 11.4. The topological polar surface area (TPSA) is 90.9 Å². The number of anilines is 1.